The first-order valence-electron chi connectivity index (χ1n) is 55.6. The minimum atomic E-state index is -2.87. The van der Waals surface area contributed by atoms with Crippen LogP contribution in [-0.4, -0.2) is 144 Å². The summed E-state index contributed by atoms with van der Waals surface area (Å²) in [7, 11) is 0. The molecule has 0 spiro atoms. The average Bonchev–Trinajstić information content (AvgIpc) is 0.845. The highest BCUT2D eigenvalue weighted by Gasteiger charge is 2.47. The Morgan fingerprint density at radius 2 is 0.338 bits per heavy atom. The normalized spacial score (nSPS) is 13.4. The zero-order valence-corrected chi connectivity index (χ0v) is 86.7. The molecule has 0 amide bonds. The molecule has 0 fully saturated rings. The predicted molar refractivity (Wildman–Crippen MR) is 539 cm³/mol. The highest BCUT2D eigenvalue weighted by molar-refractivity contribution is 5.92. The molecule has 0 aliphatic heterocycles. The Morgan fingerprint density at radius 3 is 0.519 bits per heavy atom. The van der Waals surface area contributed by atoms with Gasteiger partial charge in [-0.2, -0.15) is 0 Å². The van der Waals surface area contributed by atoms with Crippen LogP contribution in [-0.2, 0) is 85.8 Å². The third kappa shape index (κ3) is 83.3. The van der Waals surface area contributed by atoms with Crippen LogP contribution in [0.25, 0.3) is 0 Å². The Morgan fingerprint density at radius 1 is 0.195 bits per heavy atom. The molecular weight excluding hydrogens is 1680 g/mol. The number of allylic oxidation sites excluding steroid dienone is 4. The van der Waals surface area contributed by atoms with Gasteiger partial charge in [0.25, 0.3) is 0 Å². The summed E-state index contributed by atoms with van der Waals surface area (Å²) in [6.45, 7) is 12.4. The molecule has 3 N–H and O–H groups in total. The van der Waals surface area contributed by atoms with E-state index in [-0.39, 0.29) is 33.0 Å². The van der Waals surface area contributed by atoms with Crippen LogP contribution >= 0.6 is 0 Å². The number of ether oxygens (including phenoxy) is 9. The third-order valence-corrected chi connectivity index (χ3v) is 25.4. The van der Waals surface area contributed by atoms with Crippen molar-refractivity contribution in [2.45, 2.75) is 591 Å². The molecule has 133 heavy (non-hydrogen) atoms. The lowest BCUT2D eigenvalue weighted by Gasteiger charge is -2.26. The van der Waals surface area contributed by atoms with E-state index in [0.717, 1.165) is 154 Å². The van der Waals surface area contributed by atoms with Crippen LogP contribution < -0.4 is 0 Å². The standard InChI is InChI=1S/C112H204O21/c1-8-13-18-23-28-33-38-43-48-53-57-62-67-72-77-82-87-126-102(114)92-111(123,108(120)128-89-84-79-74-69-64-59-54-49-44-39-34-29-24-19-14-9-2)95-105(117)132-100(7)98-131-104(116)94-112(124,109(121)129-90-85-80-75-70-65-60-55-50-45-40-35-30-25-20-15-10-3)96-106(118)133-99(6)97-130-103(115)93-110(122,107(119)127-88-83-78-73-68-63-58-52-47-42-37-32-27-22-17-12-5)91-101(113)125-86-81-76-71-66-61-56-51-46-41-36-31-26-21-16-11-4/h46-47,51-52,99-100,122-124H,8-45,48-50,53-98H2,1-7H3/b51-46-,52-47+. The first-order chi connectivity index (χ1) is 64.6. The zero-order valence-electron chi connectivity index (χ0n) is 86.7. The average molecular weight is 1890 g/mol. The van der Waals surface area contributed by atoms with Crippen molar-refractivity contribution in [3.8, 4) is 0 Å². The molecule has 0 saturated carbocycles. The van der Waals surface area contributed by atoms with Crippen molar-refractivity contribution in [2.75, 3.05) is 46.2 Å². The van der Waals surface area contributed by atoms with Crippen LogP contribution in [0.5, 0.6) is 0 Å². The number of carbonyl (C=O) groups is 9. The Kier molecular flexibility index (Phi) is 90.4. The molecule has 0 rings (SSSR count). The summed E-state index contributed by atoms with van der Waals surface area (Å²) in [5.41, 5.74) is -8.22. The summed E-state index contributed by atoms with van der Waals surface area (Å²) in [4.78, 5) is 123. The van der Waals surface area contributed by atoms with Gasteiger partial charge in [-0.3, -0.25) is 28.8 Å². The number of hydrogen-bond acceptors (Lipinski definition) is 21. The summed E-state index contributed by atoms with van der Waals surface area (Å²) in [5.74, 6) is -10.2. The van der Waals surface area contributed by atoms with E-state index in [1.807, 2.05) is 0 Å². The van der Waals surface area contributed by atoms with Gasteiger partial charge in [-0.25, -0.2) is 14.4 Å². The Labute approximate surface area is 812 Å². The molecule has 0 aliphatic rings. The highest BCUT2D eigenvalue weighted by Crippen LogP contribution is 2.28. The van der Waals surface area contributed by atoms with Crippen molar-refractivity contribution in [1.82, 2.24) is 0 Å². The summed E-state index contributed by atoms with van der Waals surface area (Å²) in [6.07, 6.45) is 83.9. The second kappa shape index (κ2) is 94.2. The van der Waals surface area contributed by atoms with Gasteiger partial charge in [-0.05, 0) is 97.3 Å². The Balaban J connectivity index is 6.23. The van der Waals surface area contributed by atoms with Crippen LogP contribution in [0, 0.1) is 0 Å². The summed E-state index contributed by atoms with van der Waals surface area (Å²) in [6, 6.07) is 0. The van der Waals surface area contributed by atoms with Crippen molar-refractivity contribution in [3.05, 3.63) is 24.3 Å². The second-order valence-electron chi connectivity index (χ2n) is 39.0. The van der Waals surface area contributed by atoms with Crippen LogP contribution in [0.2, 0.25) is 0 Å². The van der Waals surface area contributed by atoms with Crippen LogP contribution in [0.15, 0.2) is 24.3 Å². The smallest absolute Gasteiger partial charge is 0.339 e. The third-order valence-electron chi connectivity index (χ3n) is 25.4. The molecule has 5 unspecified atom stereocenters. The number of carbonyl (C=O) groups excluding carboxylic acids is 9. The van der Waals surface area contributed by atoms with E-state index < -0.39 is 134 Å². The van der Waals surface area contributed by atoms with E-state index in [9.17, 15) is 58.5 Å². The summed E-state index contributed by atoms with van der Waals surface area (Å²) in [5, 5.41) is 35.8. The number of rotatable bonds is 102. The molecule has 5 atom stereocenters. The van der Waals surface area contributed by atoms with E-state index in [0.29, 0.717) is 38.5 Å². The van der Waals surface area contributed by atoms with Crippen molar-refractivity contribution >= 4 is 53.7 Å². The molecule has 21 heteroatoms. The van der Waals surface area contributed by atoms with E-state index in [1.54, 1.807) is 0 Å². The second-order valence-corrected chi connectivity index (χ2v) is 39.0. The van der Waals surface area contributed by atoms with Crippen LogP contribution in [0.3, 0.4) is 0 Å². The fourth-order valence-electron chi connectivity index (χ4n) is 16.8. The molecule has 21 nitrogen and oxygen atoms in total. The maximum atomic E-state index is 14.0. The predicted octanol–water partition coefficient (Wildman–Crippen LogP) is 29.3. The van der Waals surface area contributed by atoms with Gasteiger partial charge < -0.3 is 58.0 Å². The van der Waals surface area contributed by atoms with Gasteiger partial charge in [0.15, 0.2) is 16.8 Å². The lowest BCUT2D eigenvalue weighted by Crippen LogP contribution is -2.46. The first kappa shape index (κ1) is 128. The monoisotopic (exact) mass is 1890 g/mol. The van der Waals surface area contributed by atoms with Crippen LogP contribution in [0.4, 0.5) is 0 Å². The van der Waals surface area contributed by atoms with Crippen molar-refractivity contribution < 1.29 is 101 Å². The quantitative estimate of drug-likeness (QED) is 0.0221. The van der Waals surface area contributed by atoms with Crippen LogP contribution in [0.1, 0.15) is 562 Å². The minimum Gasteiger partial charge on any atom is -0.466 e. The topological polar surface area (TPSA) is 297 Å². The molecule has 0 aromatic carbocycles. The fraction of sp³-hybridized carbons (Fsp3) is 0.884. The molecule has 778 valence electrons. The van der Waals surface area contributed by atoms with Crippen molar-refractivity contribution in [3.63, 3.8) is 0 Å². The first-order valence-corrected chi connectivity index (χ1v) is 55.6. The Hall–Kier alpha value is -5.41. The van der Waals surface area contributed by atoms with E-state index in [4.69, 9.17) is 42.6 Å². The van der Waals surface area contributed by atoms with Gasteiger partial charge >= 0.3 is 53.7 Å². The maximum Gasteiger partial charge on any atom is 0.339 e. The van der Waals surface area contributed by atoms with Gasteiger partial charge in [0.2, 0.25) is 0 Å². The number of esters is 9. The maximum absolute atomic E-state index is 14.0. The molecule has 0 radical (unpaired) electrons. The molecule has 0 aromatic heterocycles. The molecule has 0 heterocycles. The minimum absolute atomic E-state index is 0.0462. The molecule has 0 aliphatic carbocycles. The van der Waals surface area contributed by atoms with Gasteiger partial charge in [0, 0.05) is 0 Å². The number of unbranched alkanes of at least 4 members (excludes halogenated alkanes) is 67. The van der Waals surface area contributed by atoms with Crippen molar-refractivity contribution in [2.24, 2.45) is 0 Å². The molecule has 0 bridgehead atoms. The summed E-state index contributed by atoms with van der Waals surface area (Å²) < 4.78 is 49.5. The fourth-order valence-corrected chi connectivity index (χ4v) is 16.8. The van der Waals surface area contributed by atoms with Gasteiger partial charge in [0.1, 0.15) is 25.4 Å². The van der Waals surface area contributed by atoms with Gasteiger partial charge in [0.05, 0.1) is 71.6 Å². The van der Waals surface area contributed by atoms with Crippen molar-refractivity contribution in [1.29, 1.82) is 0 Å². The van der Waals surface area contributed by atoms with Gasteiger partial charge in [-0.15, -0.1) is 0 Å². The zero-order chi connectivity index (χ0) is 97.6. The highest BCUT2D eigenvalue weighted by atomic mass is 16.6. The number of aliphatic hydroxyl groups is 3. The molecule has 0 aromatic rings. The van der Waals surface area contributed by atoms with Gasteiger partial charge in [-0.1, -0.05) is 451 Å². The lowest BCUT2D eigenvalue weighted by atomic mass is 9.95. The Bertz CT molecular complexity index is 2810. The summed E-state index contributed by atoms with van der Waals surface area (Å²) >= 11 is 0. The van der Waals surface area contributed by atoms with E-state index >= 15 is 0 Å². The van der Waals surface area contributed by atoms with E-state index in [2.05, 4.69) is 58.9 Å². The largest absolute Gasteiger partial charge is 0.466 e. The SMILES string of the molecule is CCCCCCCC/C=C\CCCCCCCOC(=O)CC(O)(CC(=O)OCC(C)OC(=O)CC(O)(CC(=O)OCC(C)OC(=O)CC(O)(CC(=O)OCCCCCCCCCCCCCCCCCC)C(=O)OCCCCCCCCCCCCCCCCCC)C(=O)OCCCCCCCCCCCCCCCCCC)C(=O)OCCCCCCC/C=C/CCCCCCCC. The molecular formula is C112H204O21. The molecule has 0 saturated heterocycles. The number of hydrogen-bond donors (Lipinski definition) is 3. The van der Waals surface area contributed by atoms with E-state index in [1.165, 1.54) is 296 Å². The lowest BCUT2D eigenvalue weighted by molar-refractivity contribution is -0.183.